The number of carbonyl (C=O) groups is 2. The van der Waals surface area contributed by atoms with E-state index in [-0.39, 0.29) is 30.3 Å². The molecule has 1 aromatic heterocycles. The highest BCUT2D eigenvalue weighted by molar-refractivity contribution is 5.85. The molecule has 1 atom stereocenters. The molecular formula is C21H25FN4O2. The number of rotatable bonds is 4. The van der Waals surface area contributed by atoms with Crippen LogP contribution in [0.2, 0.25) is 0 Å². The Labute approximate surface area is 164 Å². The third-order valence-electron chi connectivity index (χ3n) is 5.48. The Morgan fingerprint density at radius 2 is 1.86 bits per heavy atom. The first kappa shape index (κ1) is 18.5. The van der Waals surface area contributed by atoms with Crippen LogP contribution in [0.25, 0.3) is 0 Å². The fourth-order valence-corrected chi connectivity index (χ4v) is 3.91. The van der Waals surface area contributed by atoms with Crippen molar-refractivity contribution in [3.05, 3.63) is 59.7 Å². The summed E-state index contributed by atoms with van der Waals surface area (Å²) in [7, 11) is 3.39. The van der Waals surface area contributed by atoms with Gasteiger partial charge in [0.1, 0.15) is 18.4 Å². The van der Waals surface area contributed by atoms with E-state index in [9.17, 15) is 14.0 Å². The zero-order valence-electron chi connectivity index (χ0n) is 16.2. The lowest BCUT2D eigenvalue weighted by molar-refractivity contribution is -0.134. The Kier molecular flexibility index (Phi) is 4.83. The zero-order valence-corrected chi connectivity index (χ0v) is 16.2. The molecule has 1 aliphatic heterocycles. The van der Waals surface area contributed by atoms with E-state index < -0.39 is 6.04 Å². The first-order chi connectivity index (χ1) is 13.5. The van der Waals surface area contributed by atoms with Gasteiger partial charge in [-0.05, 0) is 31.0 Å². The molecule has 2 aromatic rings. The number of amides is 3. The smallest absolute Gasteiger partial charge is 0.320 e. The molecule has 7 heteroatoms. The second-order valence-electron chi connectivity index (χ2n) is 7.67. The summed E-state index contributed by atoms with van der Waals surface area (Å²) in [5, 5.41) is 0. The Bertz CT molecular complexity index is 890. The lowest BCUT2D eigenvalue weighted by Crippen LogP contribution is -2.50. The van der Waals surface area contributed by atoms with Crippen LogP contribution >= 0.6 is 0 Å². The topological polar surface area (TPSA) is 48.8 Å². The van der Waals surface area contributed by atoms with Crippen molar-refractivity contribution in [2.24, 2.45) is 0 Å². The molecule has 6 nitrogen and oxygen atoms in total. The summed E-state index contributed by atoms with van der Waals surface area (Å²) < 4.78 is 16.7. The van der Waals surface area contributed by atoms with Crippen LogP contribution in [0.5, 0.6) is 0 Å². The maximum Gasteiger partial charge on any atom is 0.320 e. The molecule has 2 heterocycles. The van der Waals surface area contributed by atoms with Crippen LogP contribution in [0.3, 0.4) is 0 Å². The molecule has 148 valence electrons. The first-order valence-electron chi connectivity index (χ1n) is 9.64. The number of halogens is 1. The maximum absolute atomic E-state index is 14.6. The summed E-state index contributed by atoms with van der Waals surface area (Å²) in [6, 6.07) is 9.92. The second kappa shape index (κ2) is 7.30. The molecule has 1 saturated carbocycles. The van der Waals surface area contributed by atoms with E-state index in [0.29, 0.717) is 18.7 Å². The lowest BCUT2D eigenvalue weighted by Gasteiger charge is -2.38. The van der Waals surface area contributed by atoms with Crippen LogP contribution in [0, 0.1) is 5.82 Å². The number of urea groups is 1. The molecule has 3 amide bonds. The van der Waals surface area contributed by atoms with Gasteiger partial charge in [-0.2, -0.15) is 0 Å². The van der Waals surface area contributed by atoms with Crippen molar-refractivity contribution in [3.8, 4) is 0 Å². The minimum Gasteiger partial charge on any atom is -0.348 e. The SMILES string of the molecule is CN(C)C(=O)N(CC(=O)N1CCn2cccc2[C@H]1c1ccccc1F)C1CC1. The van der Waals surface area contributed by atoms with Crippen molar-refractivity contribution in [2.75, 3.05) is 27.2 Å². The van der Waals surface area contributed by atoms with Crippen LogP contribution in [0.15, 0.2) is 42.6 Å². The summed E-state index contributed by atoms with van der Waals surface area (Å²) in [4.78, 5) is 30.7. The van der Waals surface area contributed by atoms with Crippen molar-refractivity contribution < 1.29 is 14.0 Å². The molecule has 0 bridgehead atoms. The Balaban J connectivity index is 1.64. The Morgan fingerprint density at radius 3 is 2.54 bits per heavy atom. The number of fused-ring (bicyclic) bond motifs is 1. The monoisotopic (exact) mass is 384 g/mol. The van der Waals surface area contributed by atoms with Crippen molar-refractivity contribution >= 4 is 11.9 Å². The quantitative estimate of drug-likeness (QED) is 0.814. The number of hydrogen-bond acceptors (Lipinski definition) is 2. The summed E-state index contributed by atoms with van der Waals surface area (Å²) in [5.41, 5.74) is 1.37. The molecule has 4 rings (SSSR count). The van der Waals surface area contributed by atoms with E-state index in [1.807, 2.05) is 18.3 Å². The van der Waals surface area contributed by atoms with E-state index in [2.05, 4.69) is 4.57 Å². The van der Waals surface area contributed by atoms with Gasteiger partial charge in [0.25, 0.3) is 0 Å². The van der Waals surface area contributed by atoms with Gasteiger partial charge in [-0.25, -0.2) is 9.18 Å². The summed E-state index contributed by atoms with van der Waals surface area (Å²) in [6.45, 7) is 1.16. The molecule has 1 aromatic carbocycles. The van der Waals surface area contributed by atoms with E-state index in [1.165, 1.54) is 11.0 Å². The molecule has 1 aliphatic carbocycles. The molecular weight excluding hydrogens is 359 g/mol. The molecule has 1 fully saturated rings. The van der Waals surface area contributed by atoms with Crippen LogP contribution in [0.1, 0.15) is 30.1 Å². The average molecular weight is 384 g/mol. The van der Waals surface area contributed by atoms with Gasteiger partial charge >= 0.3 is 6.03 Å². The molecule has 0 spiro atoms. The molecule has 0 N–H and O–H groups in total. The van der Waals surface area contributed by atoms with Gasteiger partial charge in [-0.15, -0.1) is 0 Å². The minimum absolute atomic E-state index is 0.0212. The normalized spacial score (nSPS) is 18.5. The predicted octanol–water partition coefficient (Wildman–Crippen LogP) is 2.70. The Morgan fingerprint density at radius 1 is 1.11 bits per heavy atom. The Hall–Kier alpha value is -2.83. The van der Waals surface area contributed by atoms with Gasteiger partial charge in [0, 0.05) is 50.7 Å². The van der Waals surface area contributed by atoms with Crippen LogP contribution in [-0.2, 0) is 11.3 Å². The van der Waals surface area contributed by atoms with Crippen molar-refractivity contribution in [1.82, 2.24) is 19.3 Å². The minimum atomic E-state index is -0.493. The van der Waals surface area contributed by atoms with Gasteiger partial charge < -0.3 is 19.3 Å². The third kappa shape index (κ3) is 3.37. The summed E-state index contributed by atoms with van der Waals surface area (Å²) in [5.74, 6) is -0.480. The second-order valence-corrected chi connectivity index (χ2v) is 7.67. The maximum atomic E-state index is 14.6. The third-order valence-corrected chi connectivity index (χ3v) is 5.48. The van der Waals surface area contributed by atoms with Crippen molar-refractivity contribution in [3.63, 3.8) is 0 Å². The van der Waals surface area contributed by atoms with E-state index in [4.69, 9.17) is 0 Å². The zero-order chi connectivity index (χ0) is 19.8. The average Bonchev–Trinajstić information content (AvgIpc) is 3.41. The number of hydrogen-bond donors (Lipinski definition) is 0. The molecule has 28 heavy (non-hydrogen) atoms. The molecule has 0 saturated heterocycles. The highest BCUT2D eigenvalue weighted by Crippen LogP contribution is 2.34. The van der Waals surface area contributed by atoms with Crippen molar-refractivity contribution in [2.45, 2.75) is 31.5 Å². The standard InChI is InChI=1S/C21H25FN4O2/c1-23(2)21(28)26(15-9-10-15)14-19(27)25-13-12-24-11-5-8-18(24)20(25)16-6-3-4-7-17(16)22/h3-8,11,15,20H,9-10,12-14H2,1-2H3/t20-/m1/s1. The highest BCUT2D eigenvalue weighted by Gasteiger charge is 2.39. The number of benzene rings is 1. The largest absolute Gasteiger partial charge is 0.348 e. The van der Waals surface area contributed by atoms with Gasteiger partial charge in [0.05, 0.1) is 0 Å². The van der Waals surface area contributed by atoms with Crippen LogP contribution in [0.4, 0.5) is 9.18 Å². The van der Waals surface area contributed by atoms with E-state index in [0.717, 1.165) is 18.5 Å². The predicted molar refractivity (Wildman–Crippen MR) is 103 cm³/mol. The van der Waals surface area contributed by atoms with Crippen LogP contribution in [-0.4, -0.2) is 64.4 Å². The van der Waals surface area contributed by atoms with Crippen molar-refractivity contribution in [1.29, 1.82) is 0 Å². The number of carbonyl (C=O) groups excluding carboxylic acids is 2. The fourth-order valence-electron chi connectivity index (χ4n) is 3.91. The van der Waals surface area contributed by atoms with E-state index >= 15 is 0 Å². The van der Waals surface area contributed by atoms with Gasteiger partial charge in [0.15, 0.2) is 0 Å². The number of nitrogens with zero attached hydrogens (tertiary/aromatic N) is 4. The van der Waals surface area contributed by atoms with Gasteiger partial charge in [0.2, 0.25) is 5.91 Å². The fraction of sp³-hybridized carbons (Fsp3) is 0.429. The highest BCUT2D eigenvalue weighted by atomic mass is 19.1. The van der Waals surface area contributed by atoms with Crippen LogP contribution < -0.4 is 0 Å². The van der Waals surface area contributed by atoms with Gasteiger partial charge in [-0.1, -0.05) is 18.2 Å². The van der Waals surface area contributed by atoms with E-state index in [1.54, 1.807) is 42.1 Å². The summed E-state index contributed by atoms with van der Waals surface area (Å²) >= 11 is 0. The molecule has 0 unspecified atom stereocenters. The number of aromatic nitrogens is 1. The molecule has 2 aliphatic rings. The summed E-state index contributed by atoms with van der Waals surface area (Å²) in [6.07, 6.45) is 3.80. The lowest BCUT2D eigenvalue weighted by atomic mass is 9.99. The van der Waals surface area contributed by atoms with Gasteiger partial charge in [-0.3, -0.25) is 4.79 Å². The molecule has 0 radical (unpaired) electrons. The first-order valence-corrected chi connectivity index (χ1v) is 9.64.